The smallest absolute Gasteiger partial charge is 0.250 e. The Bertz CT molecular complexity index is 1670. The van der Waals surface area contributed by atoms with Crippen molar-refractivity contribution < 1.29 is 10.0 Å². The minimum atomic E-state index is -0.417. The molecule has 0 aliphatic carbocycles. The Morgan fingerprint density at radius 1 is 1.21 bits per heavy atom. The fourth-order valence-electron chi connectivity index (χ4n) is 7.39. The van der Waals surface area contributed by atoms with E-state index in [2.05, 4.69) is 15.2 Å². The quantitative estimate of drug-likeness (QED) is 0.275. The van der Waals surface area contributed by atoms with E-state index in [1.165, 1.54) is 0 Å². The molecule has 0 radical (unpaired) electrons. The van der Waals surface area contributed by atoms with Gasteiger partial charge in [-0.15, -0.1) is 0 Å². The molecule has 0 spiro atoms. The number of amides is 1. The van der Waals surface area contributed by atoms with E-state index in [9.17, 15) is 20.0 Å². The van der Waals surface area contributed by atoms with Crippen molar-refractivity contribution in [2.45, 2.75) is 43.8 Å². The van der Waals surface area contributed by atoms with Crippen molar-refractivity contribution in [3.63, 3.8) is 0 Å². The van der Waals surface area contributed by atoms with Crippen LogP contribution in [0.25, 0.3) is 11.0 Å². The molecular formula is C31H33N6O4S-. The molecule has 3 N–H and O–H groups in total. The topological polar surface area (TPSA) is 130 Å². The van der Waals surface area contributed by atoms with Crippen molar-refractivity contribution in [1.29, 1.82) is 0 Å². The van der Waals surface area contributed by atoms with Crippen molar-refractivity contribution in [2.75, 3.05) is 28.7 Å². The van der Waals surface area contributed by atoms with Gasteiger partial charge in [-0.25, -0.2) is 4.98 Å². The molecular weight excluding hydrogens is 552 g/mol. The van der Waals surface area contributed by atoms with E-state index in [0.717, 1.165) is 52.4 Å². The second-order valence-corrected chi connectivity index (χ2v) is 12.6. The minimum absolute atomic E-state index is 0.00185. The van der Waals surface area contributed by atoms with Crippen LogP contribution < -0.4 is 21.0 Å². The summed E-state index contributed by atoms with van der Waals surface area (Å²) in [6, 6.07) is 18.1. The van der Waals surface area contributed by atoms with E-state index in [0.29, 0.717) is 19.5 Å². The highest BCUT2D eigenvalue weighted by Crippen LogP contribution is 2.48. The Balaban J connectivity index is 1.26. The number of benzene rings is 2. The van der Waals surface area contributed by atoms with Crippen LogP contribution in [0.4, 0.5) is 11.4 Å². The number of thioether (sulfide) groups is 1. The monoisotopic (exact) mass is 585 g/mol. The summed E-state index contributed by atoms with van der Waals surface area (Å²) in [5, 5.41) is 24.6. The Morgan fingerprint density at radius 3 is 2.88 bits per heavy atom. The number of aromatic amines is 1. The zero-order valence-electron chi connectivity index (χ0n) is 23.3. The first kappa shape index (κ1) is 27.1. The van der Waals surface area contributed by atoms with Crippen LogP contribution in [0, 0.1) is 17.0 Å². The molecule has 2 bridgehead atoms. The van der Waals surface area contributed by atoms with Crippen molar-refractivity contribution in [3.8, 4) is 0 Å². The number of carbonyl (C=O) groups is 1. The molecule has 1 fully saturated rings. The van der Waals surface area contributed by atoms with Gasteiger partial charge in [0, 0.05) is 42.5 Å². The molecule has 4 aromatic rings. The molecule has 1 amide bonds. The molecule has 3 aliphatic rings. The van der Waals surface area contributed by atoms with Gasteiger partial charge in [0.15, 0.2) is 0 Å². The summed E-state index contributed by atoms with van der Waals surface area (Å²) in [7, 11) is 0. The average Bonchev–Trinajstić information content (AvgIpc) is 3.43. The molecule has 5 unspecified atom stereocenters. The zero-order chi connectivity index (χ0) is 29.0. The van der Waals surface area contributed by atoms with Gasteiger partial charge in [0.05, 0.1) is 28.7 Å². The van der Waals surface area contributed by atoms with Crippen LogP contribution in [0.15, 0.2) is 65.5 Å². The number of hydrogen-bond donors (Lipinski definition) is 3. The summed E-state index contributed by atoms with van der Waals surface area (Å²) in [6.45, 7) is 1.23. The molecule has 10 nitrogen and oxygen atoms in total. The third-order valence-corrected chi connectivity index (χ3v) is 9.86. The number of H-pyrrole nitrogens is 1. The molecule has 218 valence electrons. The van der Waals surface area contributed by atoms with Crippen LogP contribution >= 0.6 is 11.8 Å². The van der Waals surface area contributed by atoms with Gasteiger partial charge in [-0.2, -0.15) is 11.8 Å². The predicted molar refractivity (Wildman–Crippen MR) is 164 cm³/mol. The van der Waals surface area contributed by atoms with Gasteiger partial charge in [0.1, 0.15) is 5.82 Å². The maximum Gasteiger partial charge on any atom is 0.250 e. The molecule has 3 aliphatic heterocycles. The van der Waals surface area contributed by atoms with Crippen molar-refractivity contribution in [2.24, 2.45) is 11.8 Å². The molecule has 0 saturated carbocycles. The Labute approximate surface area is 247 Å². The highest BCUT2D eigenvalue weighted by atomic mass is 32.2. The number of fused-ring (bicyclic) bond motifs is 9. The third-order valence-electron chi connectivity index (χ3n) is 9.21. The van der Waals surface area contributed by atoms with Crippen LogP contribution in [0.3, 0.4) is 0 Å². The lowest BCUT2D eigenvalue weighted by molar-refractivity contribution is -0.127. The lowest BCUT2D eigenvalue weighted by Gasteiger charge is -2.54. The van der Waals surface area contributed by atoms with E-state index >= 15 is 0 Å². The van der Waals surface area contributed by atoms with Crippen molar-refractivity contribution in [1.82, 2.24) is 19.9 Å². The molecule has 5 heterocycles. The van der Waals surface area contributed by atoms with Crippen LogP contribution in [-0.2, 0) is 17.8 Å². The predicted octanol–water partition coefficient (Wildman–Crippen LogP) is 4.19. The van der Waals surface area contributed by atoms with E-state index in [1.807, 2.05) is 53.3 Å². The number of nitrogens with zero attached hydrogens (tertiary/aromatic N) is 4. The highest BCUT2D eigenvalue weighted by molar-refractivity contribution is 7.98. The number of pyridine rings is 1. The second kappa shape index (κ2) is 10.8. The highest BCUT2D eigenvalue weighted by Gasteiger charge is 2.49. The van der Waals surface area contributed by atoms with Gasteiger partial charge in [0.25, 0.3) is 5.56 Å². The summed E-state index contributed by atoms with van der Waals surface area (Å²) in [5.41, 5.74) is 4.79. The van der Waals surface area contributed by atoms with Gasteiger partial charge in [-0.05, 0) is 79.2 Å². The number of rotatable bonds is 7. The van der Waals surface area contributed by atoms with Crippen LogP contribution in [-0.4, -0.2) is 50.2 Å². The van der Waals surface area contributed by atoms with Gasteiger partial charge in [0.2, 0.25) is 5.91 Å². The summed E-state index contributed by atoms with van der Waals surface area (Å²) >= 11 is 1.72. The Kier molecular flexibility index (Phi) is 6.95. The number of aromatic nitrogens is 3. The molecule has 11 heteroatoms. The van der Waals surface area contributed by atoms with Gasteiger partial charge >= 0.3 is 0 Å². The maximum atomic E-state index is 14.3. The number of piperidine rings is 1. The lowest BCUT2D eigenvalue weighted by Crippen LogP contribution is -2.61. The van der Waals surface area contributed by atoms with Crippen molar-refractivity contribution >= 4 is 40.1 Å². The largest absolute Gasteiger partial charge is 0.733 e. The number of imidazole rings is 1. The second-order valence-electron chi connectivity index (χ2n) is 11.6. The first-order chi connectivity index (χ1) is 20.4. The fourth-order valence-corrected chi connectivity index (χ4v) is 7.86. The van der Waals surface area contributed by atoms with E-state index < -0.39 is 5.92 Å². The Hall–Kier alpha value is -3.80. The SMILES string of the molecule is CSCCC(NC(=O)C1Cc2cc(N([O-])O)ccc2N2CC3CC(Cn4c3cccc4=O)C12)c1nc2ccccc2[nH]1. The van der Waals surface area contributed by atoms with E-state index in [-0.39, 0.29) is 46.3 Å². The van der Waals surface area contributed by atoms with Gasteiger partial charge in [-0.1, -0.05) is 18.2 Å². The third kappa shape index (κ3) is 4.65. The van der Waals surface area contributed by atoms with Gasteiger partial charge in [-0.3, -0.25) is 14.8 Å². The normalized spacial score (nSPS) is 23.1. The first-order valence-corrected chi connectivity index (χ1v) is 15.8. The summed E-state index contributed by atoms with van der Waals surface area (Å²) in [4.78, 5) is 37.7. The molecule has 5 atom stereocenters. The number of anilines is 2. The van der Waals surface area contributed by atoms with Crippen molar-refractivity contribution in [3.05, 3.63) is 93.3 Å². The summed E-state index contributed by atoms with van der Waals surface area (Å²) in [6.07, 6.45) is 4.11. The molecule has 42 heavy (non-hydrogen) atoms. The number of nitrogens with one attached hydrogen (secondary N) is 2. The summed E-state index contributed by atoms with van der Waals surface area (Å²) in [5.74, 6) is 1.36. The first-order valence-electron chi connectivity index (χ1n) is 14.4. The van der Waals surface area contributed by atoms with Gasteiger partial charge < -0.3 is 30.2 Å². The fraction of sp³-hybridized carbons (Fsp3) is 0.387. The number of carbonyl (C=O) groups excluding carboxylic acids is 1. The van der Waals surface area contributed by atoms with Crippen LogP contribution in [0.2, 0.25) is 0 Å². The minimum Gasteiger partial charge on any atom is -0.733 e. The standard InChI is InChI=1S/C31H33N6O4S/c1-42-12-11-25(30-32-23-5-2-3-6-24(23)33-30)34-31(39)22-15-18-14-21(37(40)41)9-10-27(18)36-16-19-13-20(29(22)36)17-35-26(19)7-4-8-28(35)38/h2-10,14,19-20,22,25,29,40H,11-13,15-17H2,1H3,(H,32,33)(H,34,39)/q-1. The number of hydrogen-bond acceptors (Lipinski definition) is 8. The molecule has 7 rings (SSSR count). The van der Waals surface area contributed by atoms with E-state index in [4.69, 9.17) is 4.98 Å². The van der Waals surface area contributed by atoms with E-state index in [1.54, 1.807) is 30.0 Å². The maximum absolute atomic E-state index is 14.3. The average molecular weight is 586 g/mol. The zero-order valence-corrected chi connectivity index (χ0v) is 24.1. The van der Waals surface area contributed by atoms with Crippen LogP contribution in [0.1, 0.15) is 41.9 Å². The summed E-state index contributed by atoms with van der Waals surface area (Å²) < 4.78 is 1.89. The molecule has 2 aromatic carbocycles. The Morgan fingerprint density at radius 2 is 2.07 bits per heavy atom. The number of para-hydroxylation sites is 2. The van der Waals surface area contributed by atoms with Crippen LogP contribution in [0.5, 0.6) is 0 Å². The lowest BCUT2D eigenvalue weighted by atomic mass is 9.70. The molecule has 1 saturated heterocycles. The molecule has 2 aromatic heterocycles.